The zero-order valence-electron chi connectivity index (χ0n) is 13.8. The first-order chi connectivity index (χ1) is 9.79. The van der Waals surface area contributed by atoms with Gasteiger partial charge in [-0.3, -0.25) is 9.59 Å². The van der Waals surface area contributed by atoms with Gasteiger partial charge in [0.1, 0.15) is 6.54 Å². The Morgan fingerprint density at radius 3 is 2.00 bits per heavy atom. The molecular weight excluding hydrogens is 308 g/mol. The van der Waals surface area contributed by atoms with E-state index in [1.54, 1.807) is 6.92 Å². The van der Waals surface area contributed by atoms with Gasteiger partial charge in [0.2, 0.25) is 5.91 Å². The maximum atomic E-state index is 10.6. The van der Waals surface area contributed by atoms with Gasteiger partial charge in [0.25, 0.3) is 0 Å². The number of nitrogens with one attached hydrogen (secondary N) is 1. The van der Waals surface area contributed by atoms with Crippen molar-refractivity contribution < 1.29 is 25.0 Å². The number of piperidine rings is 1. The Balaban J connectivity index is 0.000000409. The number of aliphatic hydroxyl groups excluding tert-OH is 1. The van der Waals surface area contributed by atoms with Crippen molar-refractivity contribution in [2.45, 2.75) is 69.9 Å². The summed E-state index contributed by atoms with van der Waals surface area (Å²) < 4.78 is 0. The molecule has 1 aliphatic heterocycles. The van der Waals surface area contributed by atoms with E-state index < -0.39 is 11.2 Å². The van der Waals surface area contributed by atoms with Crippen LogP contribution in [0.4, 0.5) is 0 Å². The van der Waals surface area contributed by atoms with E-state index in [9.17, 15) is 19.9 Å². The minimum absolute atomic E-state index is 0.293. The molecule has 1 fully saturated rings. The Bertz CT molecular complexity index is 381. The highest BCUT2D eigenvalue weighted by atomic mass is 32.1. The zero-order chi connectivity index (χ0) is 17.7. The molecule has 0 spiro atoms. The summed E-state index contributed by atoms with van der Waals surface area (Å²) in [5.74, 6) is -1.42. The van der Waals surface area contributed by atoms with Gasteiger partial charge < -0.3 is 20.7 Å². The van der Waals surface area contributed by atoms with Crippen molar-refractivity contribution in [2.75, 3.05) is 6.54 Å². The fourth-order valence-electron chi connectivity index (χ4n) is 2.53. The standard InChI is InChI=1S/C9H19NO2.C5H9NO3S/c1-8(2)5-7(11)6-9(3,4)10(8)12;1-3(10)5(9)6-2-4(7)8/h7,11-12H,5-6H2,1-4H3;3,10H,2H2,1H3,(H,6,9)(H,7,8). The minimum Gasteiger partial charge on any atom is -0.480 e. The van der Waals surface area contributed by atoms with Crippen LogP contribution in [0.25, 0.3) is 0 Å². The van der Waals surface area contributed by atoms with Crippen LogP contribution in [0.2, 0.25) is 0 Å². The number of aliphatic carboxylic acids is 1. The first-order valence-corrected chi connectivity index (χ1v) is 7.66. The topological polar surface area (TPSA) is 110 Å². The minimum atomic E-state index is -1.05. The Labute approximate surface area is 137 Å². The van der Waals surface area contributed by atoms with Crippen molar-refractivity contribution in [1.29, 1.82) is 0 Å². The van der Waals surface area contributed by atoms with E-state index >= 15 is 0 Å². The number of carboxylic acid groups (broad SMARTS) is 1. The molecule has 1 amide bonds. The lowest BCUT2D eigenvalue weighted by Crippen LogP contribution is -2.60. The van der Waals surface area contributed by atoms with E-state index in [1.807, 2.05) is 27.7 Å². The summed E-state index contributed by atoms with van der Waals surface area (Å²) >= 11 is 3.79. The molecular formula is C14H28N2O5S. The number of amides is 1. The maximum absolute atomic E-state index is 10.6. The van der Waals surface area contributed by atoms with Gasteiger partial charge >= 0.3 is 5.97 Å². The van der Waals surface area contributed by atoms with E-state index in [-0.39, 0.29) is 29.6 Å². The quantitative estimate of drug-likeness (QED) is 0.490. The second-order valence-corrected chi connectivity index (χ2v) is 7.56. The number of hydrogen-bond acceptors (Lipinski definition) is 6. The first-order valence-electron chi connectivity index (χ1n) is 7.14. The monoisotopic (exact) mass is 336 g/mol. The molecule has 0 aliphatic carbocycles. The number of rotatable bonds is 3. The van der Waals surface area contributed by atoms with Gasteiger partial charge in [-0.15, -0.1) is 0 Å². The number of nitrogens with zero attached hydrogens (tertiary/aromatic N) is 1. The fraction of sp³-hybridized carbons (Fsp3) is 0.857. The number of carbonyl (C=O) groups is 2. The summed E-state index contributed by atoms with van der Waals surface area (Å²) in [5.41, 5.74) is -0.637. The third kappa shape index (κ3) is 6.95. The molecule has 1 unspecified atom stereocenters. The molecule has 1 atom stereocenters. The second-order valence-electron chi connectivity index (χ2n) is 6.79. The molecule has 1 saturated heterocycles. The predicted octanol–water partition coefficient (Wildman–Crippen LogP) is 0.895. The molecule has 1 rings (SSSR count). The smallest absolute Gasteiger partial charge is 0.322 e. The summed E-state index contributed by atoms with van der Waals surface area (Å²) in [6, 6.07) is 0. The first kappa shape index (κ1) is 21.2. The average Bonchev–Trinajstić information content (AvgIpc) is 2.32. The summed E-state index contributed by atoms with van der Waals surface area (Å²) in [4.78, 5) is 20.5. The summed E-state index contributed by atoms with van der Waals surface area (Å²) in [7, 11) is 0. The molecule has 8 heteroatoms. The normalized spacial score (nSPS) is 22.2. The summed E-state index contributed by atoms with van der Waals surface area (Å²) in [5, 5.41) is 30.5. The van der Waals surface area contributed by atoms with Gasteiger partial charge in [-0.05, 0) is 47.5 Å². The Kier molecular flexibility index (Phi) is 7.84. The number of carbonyl (C=O) groups excluding carboxylic acids is 1. The highest BCUT2D eigenvalue weighted by Crippen LogP contribution is 2.36. The van der Waals surface area contributed by atoms with Crippen LogP contribution in [-0.4, -0.2) is 61.3 Å². The lowest BCUT2D eigenvalue weighted by Gasteiger charge is -2.50. The number of thiol groups is 1. The third-order valence-corrected chi connectivity index (χ3v) is 3.64. The van der Waals surface area contributed by atoms with Crippen LogP contribution in [0, 0.1) is 0 Å². The van der Waals surface area contributed by atoms with Crippen LogP contribution in [0.1, 0.15) is 47.5 Å². The molecule has 0 aromatic heterocycles. The van der Waals surface area contributed by atoms with Crippen LogP contribution in [0.3, 0.4) is 0 Å². The van der Waals surface area contributed by atoms with E-state index in [2.05, 4.69) is 17.9 Å². The van der Waals surface area contributed by atoms with E-state index in [0.29, 0.717) is 12.8 Å². The van der Waals surface area contributed by atoms with E-state index in [4.69, 9.17) is 5.11 Å². The molecule has 0 bridgehead atoms. The molecule has 1 aliphatic rings. The molecule has 7 nitrogen and oxygen atoms in total. The van der Waals surface area contributed by atoms with Gasteiger partial charge in [-0.1, -0.05) is 0 Å². The number of aliphatic hydroxyl groups is 1. The van der Waals surface area contributed by atoms with Crippen LogP contribution in [-0.2, 0) is 9.59 Å². The van der Waals surface area contributed by atoms with Gasteiger partial charge in [0, 0.05) is 11.1 Å². The average molecular weight is 336 g/mol. The highest BCUT2D eigenvalue weighted by Gasteiger charge is 2.44. The molecule has 22 heavy (non-hydrogen) atoms. The zero-order valence-corrected chi connectivity index (χ0v) is 14.7. The van der Waals surface area contributed by atoms with Crippen molar-refractivity contribution in [3.63, 3.8) is 0 Å². The van der Waals surface area contributed by atoms with Crippen molar-refractivity contribution in [2.24, 2.45) is 0 Å². The molecule has 0 aromatic rings. The Morgan fingerprint density at radius 2 is 1.68 bits per heavy atom. The van der Waals surface area contributed by atoms with Crippen molar-refractivity contribution in [3.8, 4) is 0 Å². The number of hydroxylamine groups is 2. The van der Waals surface area contributed by atoms with Gasteiger partial charge in [0.15, 0.2) is 0 Å². The highest BCUT2D eigenvalue weighted by molar-refractivity contribution is 7.81. The lowest BCUT2D eigenvalue weighted by molar-refractivity contribution is -0.257. The predicted molar refractivity (Wildman–Crippen MR) is 86.1 cm³/mol. The molecule has 0 aromatic carbocycles. The third-order valence-electron chi connectivity index (χ3n) is 3.41. The molecule has 0 saturated carbocycles. The Hall–Kier alpha value is -0.830. The largest absolute Gasteiger partial charge is 0.480 e. The molecule has 4 N–H and O–H groups in total. The SMILES string of the molecule is CC(S)C(=O)NCC(=O)O.CC1(C)CC(O)CC(C)(C)N1O. The maximum Gasteiger partial charge on any atom is 0.322 e. The summed E-state index contributed by atoms with van der Waals surface area (Å²) in [6.45, 7) is 8.99. The van der Waals surface area contributed by atoms with Crippen LogP contribution in [0.15, 0.2) is 0 Å². The van der Waals surface area contributed by atoms with Gasteiger partial charge in [-0.2, -0.15) is 17.7 Å². The lowest BCUT2D eigenvalue weighted by atomic mass is 9.80. The van der Waals surface area contributed by atoms with Gasteiger partial charge in [-0.25, -0.2) is 0 Å². The summed E-state index contributed by atoms with van der Waals surface area (Å²) in [6.07, 6.45) is 0.971. The number of carboxylic acids is 1. The molecule has 130 valence electrons. The van der Waals surface area contributed by atoms with Crippen molar-refractivity contribution in [1.82, 2.24) is 10.4 Å². The van der Waals surface area contributed by atoms with Crippen LogP contribution >= 0.6 is 12.6 Å². The van der Waals surface area contributed by atoms with E-state index in [0.717, 1.165) is 0 Å². The fourth-order valence-corrected chi connectivity index (χ4v) is 2.62. The molecule has 0 radical (unpaired) electrons. The Morgan fingerprint density at radius 1 is 1.27 bits per heavy atom. The van der Waals surface area contributed by atoms with Gasteiger partial charge in [0.05, 0.1) is 11.4 Å². The molecule has 1 heterocycles. The van der Waals surface area contributed by atoms with Crippen LogP contribution < -0.4 is 5.32 Å². The second kappa shape index (κ2) is 8.14. The van der Waals surface area contributed by atoms with E-state index in [1.165, 1.54) is 5.06 Å². The number of hydrogen-bond donors (Lipinski definition) is 5. The van der Waals surface area contributed by atoms with Crippen LogP contribution in [0.5, 0.6) is 0 Å². The van der Waals surface area contributed by atoms with Crippen molar-refractivity contribution >= 4 is 24.5 Å². The van der Waals surface area contributed by atoms with Crippen molar-refractivity contribution in [3.05, 3.63) is 0 Å².